The van der Waals surface area contributed by atoms with Gasteiger partial charge in [-0.15, -0.1) is 6.58 Å². The van der Waals surface area contributed by atoms with Crippen molar-refractivity contribution >= 4 is 0 Å². The summed E-state index contributed by atoms with van der Waals surface area (Å²) in [5.74, 6) is 0. The lowest BCUT2D eigenvalue weighted by atomic mass is 10.3. The highest BCUT2D eigenvalue weighted by Crippen LogP contribution is 1.87. The quantitative estimate of drug-likeness (QED) is 0.427. The van der Waals surface area contributed by atoms with E-state index in [-0.39, 0.29) is 0 Å². The maximum Gasteiger partial charge on any atom is 0.0644 e. The summed E-state index contributed by atoms with van der Waals surface area (Å²) >= 11 is 0. The van der Waals surface area contributed by atoms with Crippen molar-refractivity contribution in [1.29, 1.82) is 0 Å². The molecule has 0 spiro atoms. The fraction of sp³-hybridized carbons (Fsp3) is 0.750. The van der Waals surface area contributed by atoms with Crippen LogP contribution in [0.3, 0.4) is 0 Å². The Balaban J connectivity index is 2.70. The van der Waals surface area contributed by atoms with E-state index in [0.717, 1.165) is 19.6 Å². The molecule has 1 N–H and O–H groups in total. The SMILES string of the molecule is C=CCOCCCCNC. The van der Waals surface area contributed by atoms with Crippen molar-refractivity contribution in [3.63, 3.8) is 0 Å². The van der Waals surface area contributed by atoms with Crippen LogP contribution in [0.2, 0.25) is 0 Å². The van der Waals surface area contributed by atoms with Crippen molar-refractivity contribution in [1.82, 2.24) is 5.32 Å². The number of ether oxygens (including phenoxy) is 1. The lowest BCUT2D eigenvalue weighted by Gasteiger charge is -1.99. The van der Waals surface area contributed by atoms with Crippen LogP contribution >= 0.6 is 0 Å². The second-order valence-electron chi connectivity index (χ2n) is 2.17. The lowest BCUT2D eigenvalue weighted by molar-refractivity contribution is 0.158. The van der Waals surface area contributed by atoms with Crippen LogP contribution in [0, 0.1) is 0 Å². The van der Waals surface area contributed by atoms with Crippen LogP contribution in [0.15, 0.2) is 12.7 Å². The molecule has 0 radical (unpaired) electrons. The summed E-state index contributed by atoms with van der Waals surface area (Å²) in [6.07, 6.45) is 4.10. The van der Waals surface area contributed by atoms with E-state index in [0.29, 0.717) is 6.61 Å². The first kappa shape index (κ1) is 9.66. The van der Waals surface area contributed by atoms with E-state index in [9.17, 15) is 0 Å². The van der Waals surface area contributed by atoms with Crippen molar-refractivity contribution in [3.05, 3.63) is 12.7 Å². The molecule has 0 atom stereocenters. The molecule has 0 aromatic heterocycles. The van der Waals surface area contributed by atoms with Gasteiger partial charge in [-0.1, -0.05) is 6.08 Å². The molecule has 0 rings (SSSR count). The predicted molar refractivity (Wildman–Crippen MR) is 44.2 cm³/mol. The Hall–Kier alpha value is -0.340. The Morgan fingerprint density at radius 1 is 1.50 bits per heavy atom. The van der Waals surface area contributed by atoms with Gasteiger partial charge in [-0.3, -0.25) is 0 Å². The van der Waals surface area contributed by atoms with E-state index in [4.69, 9.17) is 4.74 Å². The number of rotatable bonds is 7. The average molecular weight is 143 g/mol. The molecular formula is C8H17NO. The summed E-state index contributed by atoms with van der Waals surface area (Å²) < 4.78 is 5.18. The van der Waals surface area contributed by atoms with Crippen LogP contribution in [0.25, 0.3) is 0 Å². The monoisotopic (exact) mass is 143 g/mol. The summed E-state index contributed by atoms with van der Waals surface area (Å²) in [5.41, 5.74) is 0. The van der Waals surface area contributed by atoms with Crippen molar-refractivity contribution in [2.24, 2.45) is 0 Å². The fourth-order valence-electron chi connectivity index (χ4n) is 0.673. The molecule has 0 bridgehead atoms. The molecule has 0 fully saturated rings. The van der Waals surface area contributed by atoms with Crippen LogP contribution in [0.1, 0.15) is 12.8 Å². The topological polar surface area (TPSA) is 21.3 Å². The minimum absolute atomic E-state index is 0.680. The Labute approximate surface area is 63.3 Å². The van der Waals surface area contributed by atoms with Gasteiger partial charge in [0, 0.05) is 6.61 Å². The van der Waals surface area contributed by atoms with E-state index >= 15 is 0 Å². The van der Waals surface area contributed by atoms with Crippen molar-refractivity contribution in [3.8, 4) is 0 Å². The van der Waals surface area contributed by atoms with Gasteiger partial charge in [0.05, 0.1) is 6.61 Å². The first-order chi connectivity index (χ1) is 4.91. The molecule has 0 saturated carbocycles. The lowest BCUT2D eigenvalue weighted by Crippen LogP contribution is -2.08. The third-order valence-electron chi connectivity index (χ3n) is 1.20. The van der Waals surface area contributed by atoms with Gasteiger partial charge in [0.1, 0.15) is 0 Å². The predicted octanol–water partition coefficient (Wildman–Crippen LogP) is 1.19. The average Bonchev–Trinajstić information content (AvgIpc) is 1.97. The highest BCUT2D eigenvalue weighted by atomic mass is 16.5. The molecule has 10 heavy (non-hydrogen) atoms. The smallest absolute Gasteiger partial charge is 0.0644 e. The molecular weight excluding hydrogens is 126 g/mol. The third kappa shape index (κ3) is 7.66. The summed E-state index contributed by atoms with van der Waals surface area (Å²) in [5, 5.41) is 3.08. The first-order valence-electron chi connectivity index (χ1n) is 3.75. The molecule has 0 aliphatic carbocycles. The van der Waals surface area contributed by atoms with Crippen molar-refractivity contribution in [2.45, 2.75) is 12.8 Å². The minimum atomic E-state index is 0.680. The molecule has 0 saturated heterocycles. The standard InChI is InChI=1S/C8H17NO/c1-3-7-10-8-5-4-6-9-2/h3,9H,1,4-8H2,2H3. The highest BCUT2D eigenvalue weighted by molar-refractivity contribution is 4.63. The van der Waals surface area contributed by atoms with Crippen LogP contribution in [0.4, 0.5) is 0 Å². The summed E-state index contributed by atoms with van der Waals surface area (Å²) in [6, 6.07) is 0. The minimum Gasteiger partial charge on any atom is -0.377 e. The Bertz CT molecular complexity index is 73.7. The van der Waals surface area contributed by atoms with Gasteiger partial charge >= 0.3 is 0 Å². The summed E-state index contributed by atoms with van der Waals surface area (Å²) in [4.78, 5) is 0. The number of hydrogen-bond acceptors (Lipinski definition) is 2. The number of hydrogen-bond donors (Lipinski definition) is 1. The molecule has 0 aromatic rings. The maximum absolute atomic E-state index is 5.18. The molecule has 0 unspecified atom stereocenters. The van der Waals surface area contributed by atoms with E-state index in [1.807, 2.05) is 7.05 Å². The highest BCUT2D eigenvalue weighted by Gasteiger charge is 1.85. The fourth-order valence-corrected chi connectivity index (χ4v) is 0.673. The Morgan fingerprint density at radius 3 is 2.90 bits per heavy atom. The second-order valence-corrected chi connectivity index (χ2v) is 2.17. The van der Waals surface area contributed by atoms with E-state index in [2.05, 4.69) is 11.9 Å². The number of unbranched alkanes of at least 4 members (excludes halogenated alkanes) is 1. The van der Waals surface area contributed by atoms with E-state index < -0.39 is 0 Å². The maximum atomic E-state index is 5.18. The van der Waals surface area contributed by atoms with Gasteiger partial charge in [-0.2, -0.15) is 0 Å². The summed E-state index contributed by atoms with van der Waals surface area (Å²) in [7, 11) is 1.96. The molecule has 2 heteroatoms. The van der Waals surface area contributed by atoms with Gasteiger partial charge in [-0.25, -0.2) is 0 Å². The van der Waals surface area contributed by atoms with Gasteiger partial charge in [0.15, 0.2) is 0 Å². The largest absolute Gasteiger partial charge is 0.377 e. The summed E-state index contributed by atoms with van der Waals surface area (Å²) in [6.45, 7) is 6.17. The first-order valence-corrected chi connectivity index (χ1v) is 3.75. The second kappa shape index (κ2) is 8.66. The zero-order valence-electron chi connectivity index (χ0n) is 6.73. The zero-order valence-corrected chi connectivity index (χ0v) is 6.73. The number of nitrogens with one attached hydrogen (secondary N) is 1. The van der Waals surface area contributed by atoms with Crippen LogP contribution in [0.5, 0.6) is 0 Å². The molecule has 0 aromatic carbocycles. The normalized spacial score (nSPS) is 9.70. The van der Waals surface area contributed by atoms with Crippen LogP contribution in [-0.4, -0.2) is 26.8 Å². The third-order valence-corrected chi connectivity index (χ3v) is 1.20. The molecule has 0 aliphatic rings. The van der Waals surface area contributed by atoms with Gasteiger partial charge in [0.2, 0.25) is 0 Å². The molecule has 0 heterocycles. The van der Waals surface area contributed by atoms with Crippen LogP contribution in [-0.2, 0) is 4.74 Å². The molecule has 2 nitrogen and oxygen atoms in total. The van der Waals surface area contributed by atoms with Gasteiger partial charge in [-0.05, 0) is 26.4 Å². The molecule has 60 valence electrons. The Kier molecular flexibility index (Phi) is 8.37. The van der Waals surface area contributed by atoms with Crippen LogP contribution < -0.4 is 5.32 Å². The van der Waals surface area contributed by atoms with E-state index in [1.165, 1.54) is 6.42 Å². The molecule has 0 amide bonds. The van der Waals surface area contributed by atoms with Gasteiger partial charge in [0.25, 0.3) is 0 Å². The van der Waals surface area contributed by atoms with E-state index in [1.54, 1.807) is 6.08 Å². The van der Waals surface area contributed by atoms with Crippen molar-refractivity contribution in [2.75, 3.05) is 26.8 Å². The molecule has 0 aliphatic heterocycles. The van der Waals surface area contributed by atoms with Gasteiger partial charge < -0.3 is 10.1 Å². The zero-order chi connectivity index (χ0) is 7.66. The van der Waals surface area contributed by atoms with Crippen molar-refractivity contribution < 1.29 is 4.74 Å². The Morgan fingerprint density at radius 2 is 2.30 bits per heavy atom.